The second-order valence-electron chi connectivity index (χ2n) is 6.42. The molecule has 2 N–H and O–H groups in total. The maximum atomic E-state index is 13.8. The van der Waals surface area contributed by atoms with E-state index in [1.807, 2.05) is 12.1 Å². The third-order valence-corrected chi connectivity index (χ3v) is 4.78. The predicted octanol–water partition coefficient (Wildman–Crippen LogP) is 3.75. The summed E-state index contributed by atoms with van der Waals surface area (Å²) in [5.74, 6) is 1.17. The Balaban J connectivity index is 0.00000364. The van der Waals surface area contributed by atoms with Gasteiger partial charge in [-0.15, -0.1) is 24.0 Å². The van der Waals surface area contributed by atoms with E-state index in [1.165, 1.54) is 6.07 Å². The first-order valence-electron chi connectivity index (χ1n) is 9.23. The van der Waals surface area contributed by atoms with Crippen molar-refractivity contribution in [2.75, 3.05) is 46.6 Å². The number of nitrogens with zero attached hydrogens (tertiary/aromatic N) is 1. The molecule has 154 valence electrons. The van der Waals surface area contributed by atoms with Crippen LogP contribution >= 0.6 is 39.9 Å². The lowest BCUT2D eigenvalue weighted by Gasteiger charge is -2.13. The zero-order chi connectivity index (χ0) is 18.6. The topological polar surface area (TPSA) is 54.9 Å². The first-order chi connectivity index (χ1) is 12.7. The van der Waals surface area contributed by atoms with Gasteiger partial charge < -0.3 is 20.1 Å². The average molecular weight is 558 g/mol. The van der Waals surface area contributed by atoms with E-state index in [9.17, 15) is 4.39 Å². The fraction of sp³-hybridized carbons (Fsp3) is 0.632. The second kappa shape index (κ2) is 14.5. The summed E-state index contributed by atoms with van der Waals surface area (Å²) in [6.07, 6.45) is 3.57. The molecule has 0 aromatic heterocycles. The lowest BCUT2D eigenvalue weighted by molar-refractivity contribution is 0.0888. The van der Waals surface area contributed by atoms with Gasteiger partial charge in [-0.3, -0.25) is 4.99 Å². The number of nitrogens with one attached hydrogen (secondary N) is 2. The molecular weight excluding hydrogens is 528 g/mol. The highest BCUT2D eigenvalue weighted by molar-refractivity contribution is 14.0. The fourth-order valence-corrected chi connectivity index (χ4v) is 3.11. The number of halogens is 3. The van der Waals surface area contributed by atoms with Crippen LogP contribution in [0.3, 0.4) is 0 Å². The number of guanidine groups is 1. The maximum Gasteiger partial charge on any atom is 0.190 e. The van der Waals surface area contributed by atoms with Crippen molar-refractivity contribution in [1.82, 2.24) is 10.6 Å². The van der Waals surface area contributed by atoms with Crippen LogP contribution in [0.2, 0.25) is 0 Å². The van der Waals surface area contributed by atoms with Gasteiger partial charge in [0.1, 0.15) is 5.82 Å². The number of aliphatic imine (C=N–C) groups is 1. The highest BCUT2D eigenvalue weighted by atomic mass is 127. The van der Waals surface area contributed by atoms with Gasteiger partial charge in [0.2, 0.25) is 0 Å². The van der Waals surface area contributed by atoms with E-state index < -0.39 is 0 Å². The molecule has 1 aliphatic heterocycles. The summed E-state index contributed by atoms with van der Waals surface area (Å²) in [5, 5.41) is 6.53. The first-order valence-corrected chi connectivity index (χ1v) is 10.0. The van der Waals surface area contributed by atoms with Crippen LogP contribution in [0.15, 0.2) is 27.7 Å². The molecule has 0 bridgehead atoms. The number of hydrogen-bond acceptors (Lipinski definition) is 3. The molecule has 0 aliphatic carbocycles. The molecule has 0 radical (unpaired) electrons. The summed E-state index contributed by atoms with van der Waals surface area (Å²) >= 11 is 3.27. The maximum absolute atomic E-state index is 13.8. The third kappa shape index (κ3) is 10.0. The van der Waals surface area contributed by atoms with E-state index in [0.29, 0.717) is 12.3 Å². The van der Waals surface area contributed by atoms with Crippen molar-refractivity contribution in [3.8, 4) is 0 Å². The summed E-state index contributed by atoms with van der Waals surface area (Å²) in [4.78, 5) is 4.20. The summed E-state index contributed by atoms with van der Waals surface area (Å²) in [6.45, 7) is 4.78. The van der Waals surface area contributed by atoms with E-state index in [1.54, 1.807) is 7.05 Å². The molecule has 27 heavy (non-hydrogen) atoms. The summed E-state index contributed by atoms with van der Waals surface area (Å²) in [6, 6.07) is 5.20. The second-order valence-corrected chi connectivity index (χ2v) is 7.34. The van der Waals surface area contributed by atoms with E-state index >= 15 is 0 Å². The van der Waals surface area contributed by atoms with Crippen LogP contribution < -0.4 is 10.6 Å². The number of hydrogen-bond donors (Lipinski definition) is 2. The van der Waals surface area contributed by atoms with Gasteiger partial charge in [0.15, 0.2) is 5.96 Å². The average Bonchev–Trinajstić information content (AvgIpc) is 3.14. The van der Waals surface area contributed by atoms with Gasteiger partial charge in [-0.05, 0) is 43.4 Å². The Morgan fingerprint density at radius 3 is 2.78 bits per heavy atom. The van der Waals surface area contributed by atoms with Crippen molar-refractivity contribution in [3.05, 3.63) is 34.1 Å². The first kappa shape index (κ1) is 24.6. The molecule has 1 aromatic rings. The molecule has 1 aromatic carbocycles. The molecule has 1 atom stereocenters. The highest BCUT2D eigenvalue weighted by Gasteiger charge is 2.15. The van der Waals surface area contributed by atoms with Crippen molar-refractivity contribution in [2.45, 2.75) is 25.7 Å². The van der Waals surface area contributed by atoms with Gasteiger partial charge in [-0.2, -0.15) is 0 Å². The summed E-state index contributed by atoms with van der Waals surface area (Å²) in [5.41, 5.74) is 0.739. The lowest BCUT2D eigenvalue weighted by Crippen LogP contribution is -2.38. The molecule has 0 saturated carbocycles. The molecular formula is C19H30BrFIN3O2. The Bertz CT molecular complexity index is 572. The van der Waals surface area contributed by atoms with Crippen LogP contribution in [-0.4, -0.2) is 52.5 Å². The van der Waals surface area contributed by atoms with Crippen LogP contribution in [0.1, 0.15) is 24.8 Å². The molecule has 1 heterocycles. The number of aryl methyl sites for hydroxylation is 1. The number of ether oxygens (including phenoxy) is 2. The van der Waals surface area contributed by atoms with E-state index in [-0.39, 0.29) is 29.8 Å². The van der Waals surface area contributed by atoms with Crippen LogP contribution in [0.25, 0.3) is 0 Å². The molecule has 1 saturated heterocycles. The summed E-state index contributed by atoms with van der Waals surface area (Å²) in [7, 11) is 1.75. The van der Waals surface area contributed by atoms with Crippen molar-refractivity contribution in [1.29, 1.82) is 0 Å². The highest BCUT2D eigenvalue weighted by Crippen LogP contribution is 2.16. The molecule has 2 rings (SSSR count). The van der Waals surface area contributed by atoms with Gasteiger partial charge in [-0.1, -0.05) is 22.0 Å². The quantitative estimate of drug-likeness (QED) is 0.199. The van der Waals surface area contributed by atoms with Crippen LogP contribution in [0, 0.1) is 11.7 Å². The van der Waals surface area contributed by atoms with Crippen LogP contribution in [-0.2, 0) is 15.9 Å². The smallest absolute Gasteiger partial charge is 0.190 e. The lowest BCUT2D eigenvalue weighted by atomic mass is 10.1. The van der Waals surface area contributed by atoms with E-state index in [0.717, 1.165) is 74.8 Å². The Morgan fingerprint density at radius 2 is 2.11 bits per heavy atom. The molecule has 5 nitrogen and oxygen atoms in total. The fourth-order valence-electron chi connectivity index (χ4n) is 2.78. The largest absolute Gasteiger partial charge is 0.381 e. The van der Waals surface area contributed by atoms with E-state index in [4.69, 9.17) is 9.47 Å². The Hall–Kier alpha value is -0.450. The predicted molar refractivity (Wildman–Crippen MR) is 122 cm³/mol. The van der Waals surface area contributed by atoms with Crippen LogP contribution in [0.4, 0.5) is 4.39 Å². The van der Waals surface area contributed by atoms with Gasteiger partial charge in [0.05, 0.1) is 13.2 Å². The van der Waals surface area contributed by atoms with Crippen LogP contribution in [0.5, 0.6) is 0 Å². The van der Waals surface area contributed by atoms with Gasteiger partial charge in [-0.25, -0.2) is 4.39 Å². The zero-order valence-corrected chi connectivity index (χ0v) is 19.7. The number of benzene rings is 1. The molecule has 0 amide bonds. The van der Waals surface area contributed by atoms with Crippen molar-refractivity contribution >= 4 is 45.9 Å². The van der Waals surface area contributed by atoms with Gasteiger partial charge in [0.25, 0.3) is 0 Å². The van der Waals surface area contributed by atoms with Crippen molar-refractivity contribution in [3.63, 3.8) is 0 Å². The molecule has 1 unspecified atom stereocenters. The Labute approximate surface area is 187 Å². The minimum absolute atomic E-state index is 0. The minimum atomic E-state index is -0.161. The SMILES string of the molecule is CN=C(NCCCOCC1CCOC1)NCCCc1ccc(Br)cc1F.I. The Morgan fingerprint density at radius 1 is 1.33 bits per heavy atom. The minimum Gasteiger partial charge on any atom is -0.381 e. The van der Waals surface area contributed by atoms with E-state index in [2.05, 4.69) is 31.6 Å². The standard InChI is InChI=1S/C19H29BrFN3O2.HI/c1-22-19(24-9-3-10-25-13-15-7-11-26-14-15)23-8-2-4-16-5-6-17(20)12-18(16)21;/h5-6,12,15H,2-4,7-11,13-14H2,1H3,(H2,22,23,24);1H. The number of rotatable bonds is 10. The van der Waals surface area contributed by atoms with Crippen molar-refractivity contribution in [2.24, 2.45) is 10.9 Å². The Kier molecular flexibility index (Phi) is 13.2. The monoisotopic (exact) mass is 557 g/mol. The van der Waals surface area contributed by atoms with Crippen molar-refractivity contribution < 1.29 is 13.9 Å². The van der Waals surface area contributed by atoms with Gasteiger partial charge >= 0.3 is 0 Å². The molecule has 1 fully saturated rings. The zero-order valence-electron chi connectivity index (χ0n) is 15.8. The third-order valence-electron chi connectivity index (χ3n) is 4.29. The van der Waals surface area contributed by atoms with Gasteiger partial charge in [0, 0.05) is 43.7 Å². The normalized spacial score (nSPS) is 16.9. The summed E-state index contributed by atoms with van der Waals surface area (Å²) < 4.78 is 25.5. The molecule has 0 spiro atoms. The molecule has 1 aliphatic rings. The molecule has 8 heteroatoms.